The maximum absolute atomic E-state index is 10.0. The number of nitrogens with two attached hydrogens (primary N) is 2. The molecule has 54 valence electrons. The van der Waals surface area contributed by atoms with Gasteiger partial charge in [-0.15, -0.1) is 5.17 Å². The van der Waals surface area contributed by atoms with Crippen LogP contribution < -0.4 is 11.6 Å². The van der Waals surface area contributed by atoms with Crippen molar-refractivity contribution in [1.82, 2.24) is 5.17 Å². The quantitative estimate of drug-likeness (QED) is 0.240. The lowest BCUT2D eigenvalue weighted by Crippen LogP contribution is -2.41. The van der Waals surface area contributed by atoms with Gasteiger partial charge in [-0.05, 0) is 0 Å². The summed E-state index contributed by atoms with van der Waals surface area (Å²) < 4.78 is 0. The summed E-state index contributed by atoms with van der Waals surface area (Å²) >= 11 is 0. The normalized spacial score (nSPS) is 9.11. The van der Waals surface area contributed by atoms with Crippen LogP contribution >= 0.6 is 0 Å². The maximum Gasteiger partial charge on any atom is 0.353 e. The Morgan fingerprint density at radius 3 is 2.67 bits per heavy atom. The summed E-state index contributed by atoms with van der Waals surface area (Å²) in [5, 5.41) is 8.49. The Labute approximate surface area is 51.9 Å². The van der Waals surface area contributed by atoms with Crippen LogP contribution in [0.4, 0.5) is 4.79 Å². The number of carbonyl (C=O) groups is 1. The molecule has 0 aliphatic carbocycles. The van der Waals surface area contributed by atoms with Crippen LogP contribution in [0.5, 0.6) is 0 Å². The third kappa shape index (κ3) is 3.71. The van der Waals surface area contributed by atoms with Crippen LogP contribution in [0.2, 0.25) is 0 Å². The molecule has 6 heteroatoms. The minimum absolute atomic E-state index is 0.0422. The molecule has 0 heterocycles. The summed E-state index contributed by atoms with van der Waals surface area (Å²) in [7, 11) is 0. The number of nitrogens with zero attached hydrogens (tertiary/aromatic N) is 1. The maximum atomic E-state index is 10.0. The van der Waals surface area contributed by atoms with Gasteiger partial charge in [-0.25, -0.2) is 10.6 Å². The zero-order valence-corrected chi connectivity index (χ0v) is 4.78. The molecule has 0 fully saturated rings. The van der Waals surface area contributed by atoms with Crippen molar-refractivity contribution in [3.8, 4) is 0 Å². The molecule has 9 heavy (non-hydrogen) atoms. The first-order valence-corrected chi connectivity index (χ1v) is 2.26. The van der Waals surface area contributed by atoms with Crippen LogP contribution in [0.25, 0.3) is 0 Å². The molecule has 5 N–H and O–H groups in total. The van der Waals surface area contributed by atoms with Gasteiger partial charge in [-0.3, -0.25) is 4.84 Å². The van der Waals surface area contributed by atoms with Crippen LogP contribution in [0, 0.1) is 0 Å². The SMILES string of the molecule is NC(=O)N(N)OCCO. The fraction of sp³-hybridized carbons (Fsp3) is 0.667. The fourth-order valence-corrected chi connectivity index (χ4v) is 0.203. The van der Waals surface area contributed by atoms with Gasteiger partial charge in [0.2, 0.25) is 0 Å². The minimum atomic E-state index is -0.900. The molecule has 6 nitrogen and oxygen atoms in total. The lowest BCUT2D eigenvalue weighted by Gasteiger charge is -2.10. The third-order valence-corrected chi connectivity index (χ3v) is 0.539. The molecule has 0 aliphatic rings. The first-order valence-electron chi connectivity index (χ1n) is 2.26. The topological polar surface area (TPSA) is 102 Å². The van der Waals surface area contributed by atoms with Crippen molar-refractivity contribution in [2.45, 2.75) is 0 Å². The van der Waals surface area contributed by atoms with Gasteiger partial charge < -0.3 is 10.8 Å². The van der Waals surface area contributed by atoms with E-state index in [-0.39, 0.29) is 13.2 Å². The standard InChI is InChI=1S/C3H9N3O3/c4-3(8)6(5)9-2-1-7/h7H,1-2,5H2,(H2,4,8). The van der Waals surface area contributed by atoms with E-state index in [1.54, 1.807) is 0 Å². The highest BCUT2D eigenvalue weighted by Gasteiger charge is 2.01. The summed E-state index contributed by atoms with van der Waals surface area (Å²) in [6.07, 6.45) is 0. The largest absolute Gasteiger partial charge is 0.394 e. The number of hydrogen-bond donors (Lipinski definition) is 3. The molecule has 0 rings (SSSR count). The Morgan fingerprint density at radius 1 is 1.78 bits per heavy atom. The van der Waals surface area contributed by atoms with E-state index in [0.717, 1.165) is 0 Å². The van der Waals surface area contributed by atoms with Crippen molar-refractivity contribution < 1.29 is 14.7 Å². The molecular formula is C3H9N3O3. The highest BCUT2D eigenvalue weighted by molar-refractivity contribution is 5.69. The molecule has 0 aromatic heterocycles. The molecule has 0 aromatic carbocycles. The van der Waals surface area contributed by atoms with Crippen LogP contribution in [-0.4, -0.2) is 29.5 Å². The number of amides is 2. The van der Waals surface area contributed by atoms with Crippen LogP contribution in [-0.2, 0) is 4.84 Å². The molecular weight excluding hydrogens is 126 g/mol. The van der Waals surface area contributed by atoms with Gasteiger partial charge in [0.15, 0.2) is 0 Å². The summed E-state index contributed by atoms with van der Waals surface area (Å²) in [4.78, 5) is 14.4. The number of aliphatic hydroxyl groups excluding tert-OH is 1. The molecule has 0 bridgehead atoms. The minimum Gasteiger partial charge on any atom is -0.394 e. The van der Waals surface area contributed by atoms with E-state index in [1.165, 1.54) is 0 Å². The van der Waals surface area contributed by atoms with E-state index < -0.39 is 6.03 Å². The van der Waals surface area contributed by atoms with Crippen LogP contribution in [0.1, 0.15) is 0 Å². The summed E-state index contributed by atoms with van der Waals surface area (Å²) in [5.74, 6) is 4.83. The monoisotopic (exact) mass is 135 g/mol. The van der Waals surface area contributed by atoms with Crippen molar-refractivity contribution in [2.24, 2.45) is 11.6 Å². The Hall–Kier alpha value is -0.850. The summed E-state index contributed by atoms with van der Waals surface area (Å²) in [5.41, 5.74) is 4.63. The predicted molar refractivity (Wildman–Crippen MR) is 28.6 cm³/mol. The Bertz CT molecular complexity index is 96.3. The second-order valence-corrected chi connectivity index (χ2v) is 1.22. The van der Waals surface area contributed by atoms with Crippen molar-refractivity contribution in [3.05, 3.63) is 0 Å². The lowest BCUT2D eigenvalue weighted by atomic mass is 10.8. The highest BCUT2D eigenvalue weighted by Crippen LogP contribution is 1.77. The Kier molecular flexibility index (Phi) is 3.69. The number of hydrazine groups is 1. The number of urea groups is 1. The molecule has 0 saturated heterocycles. The van der Waals surface area contributed by atoms with Crippen molar-refractivity contribution >= 4 is 6.03 Å². The number of hydroxylamine groups is 1. The second-order valence-electron chi connectivity index (χ2n) is 1.22. The second kappa shape index (κ2) is 4.07. The zero-order chi connectivity index (χ0) is 7.28. The summed E-state index contributed by atoms with van der Waals surface area (Å²) in [6.45, 7) is -0.250. The van der Waals surface area contributed by atoms with E-state index in [0.29, 0.717) is 5.17 Å². The molecule has 2 amide bonds. The van der Waals surface area contributed by atoms with E-state index in [4.69, 9.17) is 10.9 Å². The van der Waals surface area contributed by atoms with E-state index in [9.17, 15) is 4.79 Å². The Balaban J connectivity index is 3.27. The van der Waals surface area contributed by atoms with Gasteiger partial charge in [0.05, 0.1) is 13.2 Å². The fourth-order valence-electron chi connectivity index (χ4n) is 0.203. The molecule has 0 aliphatic heterocycles. The first kappa shape index (κ1) is 8.15. The first-order chi connectivity index (χ1) is 4.18. The van der Waals surface area contributed by atoms with Crippen LogP contribution in [0.15, 0.2) is 0 Å². The molecule has 0 aromatic rings. The van der Waals surface area contributed by atoms with Gasteiger partial charge in [0, 0.05) is 0 Å². The van der Waals surface area contributed by atoms with Crippen molar-refractivity contribution in [3.63, 3.8) is 0 Å². The number of aliphatic hydroxyl groups is 1. The molecule has 0 saturated carbocycles. The molecule has 0 atom stereocenters. The molecule has 0 radical (unpaired) electrons. The van der Waals surface area contributed by atoms with Gasteiger partial charge in [-0.2, -0.15) is 0 Å². The predicted octanol–water partition coefficient (Wildman–Crippen LogP) is -1.84. The summed E-state index contributed by atoms with van der Waals surface area (Å²) in [6, 6.07) is -0.900. The number of carbonyl (C=O) groups excluding carboxylic acids is 1. The van der Waals surface area contributed by atoms with Gasteiger partial charge >= 0.3 is 6.03 Å². The van der Waals surface area contributed by atoms with Crippen LogP contribution in [0.3, 0.4) is 0 Å². The average molecular weight is 135 g/mol. The Morgan fingerprint density at radius 2 is 2.33 bits per heavy atom. The third-order valence-electron chi connectivity index (χ3n) is 0.539. The highest BCUT2D eigenvalue weighted by atomic mass is 16.7. The van der Waals surface area contributed by atoms with Gasteiger partial charge in [0.25, 0.3) is 0 Å². The number of rotatable bonds is 3. The van der Waals surface area contributed by atoms with E-state index in [1.807, 2.05) is 0 Å². The van der Waals surface area contributed by atoms with Gasteiger partial charge in [0.1, 0.15) is 0 Å². The average Bonchev–Trinajstić information content (AvgIpc) is 1.82. The van der Waals surface area contributed by atoms with Crippen molar-refractivity contribution in [2.75, 3.05) is 13.2 Å². The number of hydrogen-bond acceptors (Lipinski definition) is 4. The zero-order valence-electron chi connectivity index (χ0n) is 4.78. The smallest absolute Gasteiger partial charge is 0.353 e. The molecule has 0 spiro atoms. The van der Waals surface area contributed by atoms with E-state index in [2.05, 4.69) is 10.6 Å². The lowest BCUT2D eigenvalue weighted by molar-refractivity contribution is -0.125. The van der Waals surface area contributed by atoms with E-state index >= 15 is 0 Å². The number of primary amides is 1. The van der Waals surface area contributed by atoms with Crippen molar-refractivity contribution in [1.29, 1.82) is 0 Å². The van der Waals surface area contributed by atoms with Gasteiger partial charge in [-0.1, -0.05) is 0 Å². The molecule has 0 unspecified atom stereocenters.